The minimum absolute atomic E-state index is 0.438. The van der Waals surface area contributed by atoms with Crippen molar-refractivity contribution in [1.29, 1.82) is 0 Å². The van der Waals surface area contributed by atoms with Crippen molar-refractivity contribution in [3.8, 4) is 0 Å². The third kappa shape index (κ3) is 2.74. The fourth-order valence-electron chi connectivity index (χ4n) is 1.93. The van der Waals surface area contributed by atoms with Gasteiger partial charge in [0.2, 0.25) is 0 Å². The summed E-state index contributed by atoms with van der Waals surface area (Å²) in [5.74, 6) is 0. The van der Waals surface area contributed by atoms with Crippen LogP contribution in [0.5, 0.6) is 0 Å². The smallest absolute Gasteiger partial charge is 0.142 e. The van der Waals surface area contributed by atoms with Crippen molar-refractivity contribution < 1.29 is 4.39 Å². The molecule has 1 aromatic rings. The molecule has 2 rings (SSSR count). The Balaban J connectivity index is 1.88. The number of hydrogen-bond donors (Lipinski definition) is 2. The van der Waals surface area contributed by atoms with Gasteiger partial charge in [-0.2, -0.15) is 0 Å². The molecule has 0 bridgehead atoms. The first-order chi connectivity index (χ1) is 8.10. The summed E-state index contributed by atoms with van der Waals surface area (Å²) >= 11 is 0. The van der Waals surface area contributed by atoms with E-state index in [1.165, 1.54) is 6.08 Å². The van der Waals surface area contributed by atoms with Gasteiger partial charge in [0.1, 0.15) is 6.17 Å². The van der Waals surface area contributed by atoms with Crippen LogP contribution in [0.2, 0.25) is 0 Å². The van der Waals surface area contributed by atoms with Gasteiger partial charge in [0.25, 0.3) is 0 Å². The van der Waals surface area contributed by atoms with Gasteiger partial charge in [0, 0.05) is 24.6 Å². The number of nitrogens with two attached hydrogens (primary N) is 2. The Morgan fingerprint density at radius 2 is 2.35 bits per heavy atom. The van der Waals surface area contributed by atoms with Gasteiger partial charge in [0.05, 0.1) is 11.9 Å². The number of rotatable bonds is 4. The highest BCUT2D eigenvalue weighted by molar-refractivity contribution is 5.30. The molecule has 1 aliphatic rings. The van der Waals surface area contributed by atoms with Crippen LogP contribution in [-0.4, -0.2) is 21.3 Å². The molecule has 4 N–H and O–H groups in total. The Labute approximate surface area is 99.8 Å². The topological polar surface area (TPSA) is 69.9 Å². The van der Waals surface area contributed by atoms with Gasteiger partial charge in [-0.15, -0.1) is 0 Å². The fourth-order valence-corrected chi connectivity index (χ4v) is 1.93. The second-order valence-corrected chi connectivity index (χ2v) is 4.42. The maximum Gasteiger partial charge on any atom is 0.142 e. The second-order valence-electron chi connectivity index (χ2n) is 4.42. The van der Waals surface area contributed by atoms with Crippen molar-refractivity contribution in [2.45, 2.75) is 31.1 Å². The Kier molecular flexibility index (Phi) is 3.28. The molecule has 0 amide bonds. The molecule has 5 heteroatoms. The van der Waals surface area contributed by atoms with Crippen LogP contribution in [0.4, 0.5) is 4.39 Å². The molecule has 1 aliphatic carbocycles. The summed E-state index contributed by atoms with van der Waals surface area (Å²) < 4.78 is 15.7. The first-order valence-electron chi connectivity index (χ1n) is 5.65. The molecule has 0 fully saturated rings. The van der Waals surface area contributed by atoms with E-state index in [2.05, 4.69) is 4.98 Å². The predicted molar refractivity (Wildman–Crippen MR) is 64.7 cm³/mol. The number of alkyl halides is 1. The molecule has 2 unspecified atom stereocenters. The Hall–Kier alpha value is -1.62. The molecule has 0 aromatic carbocycles. The first-order valence-corrected chi connectivity index (χ1v) is 5.65. The Bertz CT molecular complexity index is 424. The van der Waals surface area contributed by atoms with Crippen molar-refractivity contribution >= 4 is 0 Å². The summed E-state index contributed by atoms with van der Waals surface area (Å²) in [6, 6.07) is 0. The van der Waals surface area contributed by atoms with Gasteiger partial charge >= 0.3 is 0 Å². The highest BCUT2D eigenvalue weighted by Crippen LogP contribution is 2.25. The van der Waals surface area contributed by atoms with Crippen molar-refractivity contribution in [3.05, 3.63) is 42.6 Å². The van der Waals surface area contributed by atoms with Crippen LogP contribution in [0.15, 0.2) is 42.6 Å². The number of allylic oxidation sites excluding steroid dienone is 1. The standard InChI is InChI=1S/C12H17FN4/c13-11-8-10(14)2-4-12(11,15)3-1-6-17-7-5-16-9-17/h2,4-5,7-9,11H,1,3,6,14-15H2. The van der Waals surface area contributed by atoms with E-state index in [-0.39, 0.29) is 0 Å². The summed E-state index contributed by atoms with van der Waals surface area (Å²) in [5.41, 5.74) is 11.0. The van der Waals surface area contributed by atoms with E-state index in [4.69, 9.17) is 11.5 Å². The lowest BCUT2D eigenvalue weighted by Crippen LogP contribution is -2.48. The molecule has 4 nitrogen and oxygen atoms in total. The highest BCUT2D eigenvalue weighted by atomic mass is 19.1. The molecule has 1 aromatic heterocycles. The molecule has 0 aliphatic heterocycles. The third-order valence-electron chi connectivity index (χ3n) is 3.02. The zero-order valence-corrected chi connectivity index (χ0v) is 9.59. The molecular weight excluding hydrogens is 219 g/mol. The SMILES string of the molecule is NC1=CC(F)C(N)(CCCn2ccnc2)C=C1. The first kappa shape index (κ1) is 11.9. The summed E-state index contributed by atoms with van der Waals surface area (Å²) in [6.07, 6.45) is 10.2. The highest BCUT2D eigenvalue weighted by Gasteiger charge is 2.32. The largest absolute Gasteiger partial charge is 0.399 e. The monoisotopic (exact) mass is 236 g/mol. The lowest BCUT2D eigenvalue weighted by Gasteiger charge is -2.30. The average Bonchev–Trinajstić information content (AvgIpc) is 2.78. The molecule has 2 atom stereocenters. The van der Waals surface area contributed by atoms with Crippen LogP contribution in [0, 0.1) is 0 Å². The summed E-state index contributed by atoms with van der Waals surface area (Å²) in [7, 11) is 0. The Morgan fingerprint density at radius 3 is 3.00 bits per heavy atom. The van der Waals surface area contributed by atoms with E-state index in [0.29, 0.717) is 12.1 Å². The van der Waals surface area contributed by atoms with Gasteiger partial charge in [0.15, 0.2) is 0 Å². The molecule has 0 saturated heterocycles. The van der Waals surface area contributed by atoms with Crippen LogP contribution in [-0.2, 0) is 6.54 Å². The van der Waals surface area contributed by atoms with E-state index >= 15 is 0 Å². The number of nitrogens with zero attached hydrogens (tertiary/aromatic N) is 2. The van der Waals surface area contributed by atoms with Crippen molar-refractivity contribution in [2.24, 2.45) is 11.5 Å². The van der Waals surface area contributed by atoms with E-state index in [1.54, 1.807) is 24.7 Å². The minimum Gasteiger partial charge on any atom is -0.399 e. The summed E-state index contributed by atoms with van der Waals surface area (Å²) in [5, 5.41) is 0. The van der Waals surface area contributed by atoms with Crippen LogP contribution >= 0.6 is 0 Å². The summed E-state index contributed by atoms with van der Waals surface area (Å²) in [4.78, 5) is 3.95. The molecule has 0 saturated carbocycles. The molecule has 92 valence electrons. The molecule has 17 heavy (non-hydrogen) atoms. The summed E-state index contributed by atoms with van der Waals surface area (Å²) in [6.45, 7) is 0.790. The van der Waals surface area contributed by atoms with Gasteiger partial charge < -0.3 is 16.0 Å². The number of aryl methyl sites for hydroxylation is 1. The number of imidazole rings is 1. The molecule has 0 radical (unpaired) electrons. The second kappa shape index (κ2) is 4.71. The van der Waals surface area contributed by atoms with Crippen molar-refractivity contribution in [1.82, 2.24) is 9.55 Å². The molecular formula is C12H17FN4. The van der Waals surface area contributed by atoms with E-state index in [1.807, 2.05) is 10.8 Å². The van der Waals surface area contributed by atoms with Gasteiger partial charge in [-0.1, -0.05) is 6.08 Å². The zero-order valence-electron chi connectivity index (χ0n) is 9.59. The molecule has 1 heterocycles. The van der Waals surface area contributed by atoms with Gasteiger partial charge in [-0.25, -0.2) is 9.37 Å². The number of halogens is 1. The van der Waals surface area contributed by atoms with Crippen molar-refractivity contribution in [2.75, 3.05) is 0 Å². The van der Waals surface area contributed by atoms with Crippen LogP contribution in [0.3, 0.4) is 0 Å². The fraction of sp³-hybridized carbons (Fsp3) is 0.417. The van der Waals surface area contributed by atoms with Crippen LogP contribution in [0.1, 0.15) is 12.8 Å². The van der Waals surface area contributed by atoms with Crippen molar-refractivity contribution in [3.63, 3.8) is 0 Å². The van der Waals surface area contributed by atoms with E-state index < -0.39 is 11.7 Å². The maximum atomic E-state index is 13.8. The van der Waals surface area contributed by atoms with E-state index in [0.717, 1.165) is 13.0 Å². The Morgan fingerprint density at radius 1 is 1.53 bits per heavy atom. The number of hydrogen-bond acceptors (Lipinski definition) is 3. The zero-order chi connectivity index (χ0) is 12.3. The van der Waals surface area contributed by atoms with Gasteiger partial charge in [-0.3, -0.25) is 0 Å². The predicted octanol–water partition coefficient (Wildman–Crippen LogP) is 1.11. The minimum atomic E-state index is -1.21. The quantitative estimate of drug-likeness (QED) is 0.822. The maximum absolute atomic E-state index is 13.8. The lowest BCUT2D eigenvalue weighted by atomic mass is 9.85. The van der Waals surface area contributed by atoms with Gasteiger partial charge in [-0.05, 0) is 25.0 Å². The normalized spacial score (nSPS) is 28.1. The third-order valence-corrected chi connectivity index (χ3v) is 3.02. The average molecular weight is 236 g/mol. The van der Waals surface area contributed by atoms with E-state index in [9.17, 15) is 4.39 Å². The van der Waals surface area contributed by atoms with Crippen LogP contribution in [0.25, 0.3) is 0 Å². The molecule has 0 spiro atoms. The lowest BCUT2D eigenvalue weighted by molar-refractivity contribution is 0.256. The van der Waals surface area contributed by atoms with Crippen LogP contribution < -0.4 is 11.5 Å². The number of aromatic nitrogens is 2.